The molecule has 3 rings (SSSR count). The highest BCUT2D eigenvalue weighted by molar-refractivity contribution is 7.99. The third kappa shape index (κ3) is 4.52. The summed E-state index contributed by atoms with van der Waals surface area (Å²) in [4.78, 5) is 43.0. The first kappa shape index (κ1) is 19.1. The molecular weight excluding hydrogens is 391 g/mol. The van der Waals surface area contributed by atoms with Crippen molar-refractivity contribution in [2.75, 3.05) is 12.3 Å². The fourth-order valence-electron chi connectivity index (χ4n) is 2.34. The van der Waals surface area contributed by atoms with Crippen LogP contribution in [0.1, 0.15) is 6.92 Å². The fourth-order valence-corrected chi connectivity index (χ4v) is 4.01. The van der Waals surface area contributed by atoms with Crippen molar-refractivity contribution in [2.45, 2.75) is 12.1 Å². The van der Waals surface area contributed by atoms with Gasteiger partial charge in [0.05, 0.1) is 11.1 Å². The number of aromatic nitrogens is 2. The second kappa shape index (κ2) is 8.31. The van der Waals surface area contributed by atoms with Gasteiger partial charge in [-0.15, -0.1) is 11.3 Å². The number of nitrogens with zero attached hydrogens (tertiary/aromatic N) is 1. The van der Waals surface area contributed by atoms with E-state index in [-0.39, 0.29) is 22.3 Å². The minimum Gasteiger partial charge on any atom is -0.338 e. The molecule has 3 aromatic rings. The number of urea groups is 1. The zero-order valence-electron chi connectivity index (χ0n) is 14.2. The number of aromatic amines is 1. The topological polar surface area (TPSA) is 104 Å². The number of halogens is 1. The number of H-pyrrole nitrogens is 1. The number of thioether (sulfide) groups is 1. The zero-order valence-corrected chi connectivity index (χ0v) is 15.8. The molecule has 0 atom stereocenters. The fraction of sp³-hybridized carbons (Fsp3) is 0.176. The van der Waals surface area contributed by atoms with Gasteiger partial charge in [-0.25, -0.2) is 14.2 Å². The van der Waals surface area contributed by atoms with Crippen molar-refractivity contribution >= 4 is 45.3 Å². The van der Waals surface area contributed by atoms with Gasteiger partial charge >= 0.3 is 6.03 Å². The van der Waals surface area contributed by atoms with Crippen LogP contribution in [-0.2, 0) is 4.79 Å². The summed E-state index contributed by atoms with van der Waals surface area (Å²) in [5.74, 6) is -0.913. The normalized spacial score (nSPS) is 10.7. The van der Waals surface area contributed by atoms with Gasteiger partial charge in [0.1, 0.15) is 10.6 Å². The molecule has 0 bridgehead atoms. The Kier molecular flexibility index (Phi) is 5.87. The zero-order chi connectivity index (χ0) is 19.4. The molecule has 0 saturated heterocycles. The molecule has 0 radical (unpaired) electrons. The van der Waals surface area contributed by atoms with Gasteiger partial charge in [0.2, 0.25) is 5.91 Å². The Bertz CT molecular complexity index is 1050. The molecule has 10 heteroatoms. The van der Waals surface area contributed by atoms with Gasteiger partial charge in [-0.3, -0.25) is 14.9 Å². The third-order valence-electron chi connectivity index (χ3n) is 3.51. The molecule has 7 nitrogen and oxygen atoms in total. The summed E-state index contributed by atoms with van der Waals surface area (Å²) in [6, 6.07) is 5.30. The number of carbonyl (C=O) groups is 2. The minimum atomic E-state index is -0.567. The second-order valence-electron chi connectivity index (χ2n) is 5.40. The van der Waals surface area contributed by atoms with Crippen LogP contribution < -0.4 is 16.2 Å². The van der Waals surface area contributed by atoms with E-state index in [2.05, 4.69) is 20.6 Å². The lowest BCUT2D eigenvalue weighted by Crippen LogP contribution is -2.40. The minimum absolute atomic E-state index is 0.0677. The van der Waals surface area contributed by atoms with Crippen LogP contribution in [-0.4, -0.2) is 34.2 Å². The highest BCUT2D eigenvalue weighted by atomic mass is 32.2. The molecule has 0 aliphatic rings. The van der Waals surface area contributed by atoms with Crippen molar-refractivity contribution in [1.82, 2.24) is 20.6 Å². The van der Waals surface area contributed by atoms with Gasteiger partial charge in [0.15, 0.2) is 5.16 Å². The summed E-state index contributed by atoms with van der Waals surface area (Å²) in [7, 11) is 0. The van der Waals surface area contributed by atoms with Gasteiger partial charge in [0.25, 0.3) is 5.56 Å². The number of benzene rings is 1. The molecule has 0 fully saturated rings. The highest BCUT2D eigenvalue weighted by Gasteiger charge is 2.14. The maximum Gasteiger partial charge on any atom is 0.321 e. The van der Waals surface area contributed by atoms with Crippen molar-refractivity contribution in [2.24, 2.45) is 0 Å². The summed E-state index contributed by atoms with van der Waals surface area (Å²) in [6.07, 6.45) is 0. The van der Waals surface area contributed by atoms with E-state index in [1.54, 1.807) is 24.4 Å². The number of rotatable bonds is 5. The van der Waals surface area contributed by atoms with E-state index in [1.807, 2.05) is 0 Å². The van der Waals surface area contributed by atoms with Crippen molar-refractivity contribution in [3.8, 4) is 11.1 Å². The largest absolute Gasteiger partial charge is 0.338 e. The predicted octanol–water partition coefficient (Wildman–Crippen LogP) is 2.73. The maximum absolute atomic E-state index is 13.1. The highest BCUT2D eigenvalue weighted by Crippen LogP contribution is 2.31. The number of thiophene rings is 1. The Morgan fingerprint density at radius 1 is 1.30 bits per heavy atom. The molecular formula is C17H15FN4O3S2. The Hall–Kier alpha value is -2.72. The summed E-state index contributed by atoms with van der Waals surface area (Å²) in [5.41, 5.74) is 1.05. The van der Waals surface area contributed by atoms with Crippen LogP contribution in [0.2, 0.25) is 0 Å². The van der Waals surface area contributed by atoms with Crippen LogP contribution >= 0.6 is 23.1 Å². The molecule has 140 valence electrons. The number of imide groups is 1. The molecule has 0 unspecified atom stereocenters. The molecule has 27 heavy (non-hydrogen) atoms. The summed E-state index contributed by atoms with van der Waals surface area (Å²) in [5, 5.41) is 7.12. The van der Waals surface area contributed by atoms with Gasteiger partial charge in [0, 0.05) is 17.5 Å². The average molecular weight is 406 g/mol. The monoisotopic (exact) mass is 406 g/mol. The van der Waals surface area contributed by atoms with E-state index in [0.29, 0.717) is 22.3 Å². The molecule has 0 aliphatic carbocycles. The summed E-state index contributed by atoms with van der Waals surface area (Å²) < 4.78 is 13.1. The van der Waals surface area contributed by atoms with E-state index in [0.717, 1.165) is 17.3 Å². The Labute approximate surface area is 161 Å². The van der Waals surface area contributed by atoms with Crippen molar-refractivity contribution in [3.05, 3.63) is 45.8 Å². The standard InChI is InChI=1S/C17H15FN4O3S2/c1-2-19-16(25)20-12(23)8-27-17-21-14(24)13-11(7-26-15(13)22-17)9-3-5-10(18)6-4-9/h3-7H,2,8H2,1H3,(H,21,22,24)(H2,19,20,23,25). The van der Waals surface area contributed by atoms with E-state index >= 15 is 0 Å². The number of hydrogen-bond acceptors (Lipinski definition) is 6. The van der Waals surface area contributed by atoms with Crippen LogP contribution in [0.5, 0.6) is 0 Å². The van der Waals surface area contributed by atoms with E-state index in [4.69, 9.17) is 0 Å². The predicted molar refractivity (Wildman–Crippen MR) is 104 cm³/mol. The first-order valence-corrected chi connectivity index (χ1v) is 9.82. The third-order valence-corrected chi connectivity index (χ3v) is 5.25. The first-order chi connectivity index (χ1) is 13.0. The molecule has 3 amide bonds. The van der Waals surface area contributed by atoms with Crippen molar-refractivity contribution in [3.63, 3.8) is 0 Å². The van der Waals surface area contributed by atoms with Crippen LogP contribution in [0.4, 0.5) is 9.18 Å². The average Bonchev–Trinajstić information content (AvgIpc) is 3.05. The molecule has 2 heterocycles. The van der Waals surface area contributed by atoms with Crippen LogP contribution in [0, 0.1) is 5.82 Å². The van der Waals surface area contributed by atoms with Crippen molar-refractivity contribution < 1.29 is 14.0 Å². The van der Waals surface area contributed by atoms with Crippen LogP contribution in [0.25, 0.3) is 21.3 Å². The molecule has 0 aliphatic heterocycles. The van der Waals surface area contributed by atoms with Gasteiger partial charge < -0.3 is 10.3 Å². The second-order valence-corrected chi connectivity index (χ2v) is 7.23. The van der Waals surface area contributed by atoms with E-state index < -0.39 is 11.9 Å². The number of hydrogen-bond donors (Lipinski definition) is 3. The SMILES string of the molecule is CCNC(=O)NC(=O)CSc1nc2scc(-c3ccc(F)cc3)c2c(=O)[nH]1. The van der Waals surface area contributed by atoms with E-state index in [9.17, 15) is 18.8 Å². The quantitative estimate of drug-likeness (QED) is 0.446. The summed E-state index contributed by atoms with van der Waals surface area (Å²) >= 11 is 2.31. The van der Waals surface area contributed by atoms with Gasteiger partial charge in [-0.1, -0.05) is 23.9 Å². The number of carbonyl (C=O) groups excluding carboxylic acids is 2. The molecule has 0 spiro atoms. The number of fused-ring (bicyclic) bond motifs is 1. The smallest absolute Gasteiger partial charge is 0.321 e. The number of amides is 3. The van der Waals surface area contributed by atoms with Crippen LogP contribution in [0.15, 0.2) is 39.6 Å². The van der Waals surface area contributed by atoms with Gasteiger partial charge in [-0.2, -0.15) is 0 Å². The molecule has 2 aromatic heterocycles. The lowest BCUT2D eigenvalue weighted by Gasteiger charge is -2.04. The van der Waals surface area contributed by atoms with E-state index in [1.165, 1.54) is 23.5 Å². The first-order valence-electron chi connectivity index (χ1n) is 7.96. The summed E-state index contributed by atoms with van der Waals surface area (Å²) in [6.45, 7) is 2.15. The lowest BCUT2D eigenvalue weighted by atomic mass is 10.1. The number of nitrogens with one attached hydrogen (secondary N) is 3. The van der Waals surface area contributed by atoms with Crippen LogP contribution in [0.3, 0.4) is 0 Å². The van der Waals surface area contributed by atoms with Gasteiger partial charge in [-0.05, 0) is 24.6 Å². The Morgan fingerprint density at radius 3 is 2.74 bits per heavy atom. The molecule has 0 saturated carbocycles. The Morgan fingerprint density at radius 2 is 2.04 bits per heavy atom. The molecule has 1 aromatic carbocycles. The maximum atomic E-state index is 13.1. The van der Waals surface area contributed by atoms with Crippen molar-refractivity contribution in [1.29, 1.82) is 0 Å². The lowest BCUT2D eigenvalue weighted by molar-refractivity contribution is -0.117. The molecule has 3 N–H and O–H groups in total. The Balaban J connectivity index is 1.78.